The normalized spacial score (nSPS) is 12.0. The first-order valence-corrected chi connectivity index (χ1v) is 7.37. The van der Waals surface area contributed by atoms with Gasteiger partial charge in [0, 0.05) is 6.42 Å². The molecule has 0 saturated carbocycles. The Morgan fingerprint density at radius 3 is 2.12 bits per heavy atom. The van der Waals surface area contributed by atoms with Crippen molar-refractivity contribution in [1.82, 2.24) is 0 Å². The molecule has 0 spiro atoms. The third kappa shape index (κ3) is 5.62. The summed E-state index contributed by atoms with van der Waals surface area (Å²) in [5, 5.41) is 8.18. The molecule has 0 radical (unpaired) electrons. The Hall–Kier alpha value is -3.06. The summed E-state index contributed by atoms with van der Waals surface area (Å²) in [6, 6.07) is 15.0. The zero-order valence-electron chi connectivity index (χ0n) is 13.0. The SMILES string of the molecule is NC(=O)CC[C@H](N)C(=O)Oc1ccc(/N=N/c2ccccc2)cc1. The van der Waals surface area contributed by atoms with E-state index in [9.17, 15) is 9.59 Å². The molecule has 0 aliphatic heterocycles. The fourth-order valence-electron chi connectivity index (χ4n) is 1.80. The van der Waals surface area contributed by atoms with Crippen molar-refractivity contribution in [2.24, 2.45) is 21.7 Å². The zero-order chi connectivity index (χ0) is 17.4. The molecule has 0 aliphatic rings. The van der Waals surface area contributed by atoms with E-state index >= 15 is 0 Å². The first-order valence-electron chi connectivity index (χ1n) is 7.37. The molecule has 2 rings (SSSR count). The number of rotatable bonds is 7. The van der Waals surface area contributed by atoms with Crippen LogP contribution in [0.2, 0.25) is 0 Å². The van der Waals surface area contributed by atoms with Gasteiger partial charge in [0.2, 0.25) is 5.91 Å². The minimum absolute atomic E-state index is 0.0368. The number of hydrogen-bond acceptors (Lipinski definition) is 6. The number of primary amides is 1. The smallest absolute Gasteiger partial charge is 0.328 e. The highest BCUT2D eigenvalue weighted by atomic mass is 16.5. The lowest BCUT2D eigenvalue weighted by Gasteiger charge is -2.10. The van der Waals surface area contributed by atoms with Crippen molar-refractivity contribution < 1.29 is 14.3 Å². The van der Waals surface area contributed by atoms with Gasteiger partial charge in [0.15, 0.2) is 0 Å². The first kappa shape index (κ1) is 17.3. The number of nitrogens with two attached hydrogens (primary N) is 2. The van der Waals surface area contributed by atoms with E-state index in [2.05, 4.69) is 10.2 Å². The van der Waals surface area contributed by atoms with Crippen molar-refractivity contribution in [2.75, 3.05) is 0 Å². The van der Waals surface area contributed by atoms with Crippen molar-refractivity contribution in [3.63, 3.8) is 0 Å². The Bertz CT molecular complexity index is 714. The number of nitrogens with zero attached hydrogens (tertiary/aromatic N) is 2. The Morgan fingerprint density at radius 1 is 0.958 bits per heavy atom. The minimum atomic E-state index is -0.894. The highest BCUT2D eigenvalue weighted by Gasteiger charge is 2.16. The number of benzene rings is 2. The van der Waals surface area contributed by atoms with Crippen LogP contribution >= 0.6 is 0 Å². The summed E-state index contributed by atoms with van der Waals surface area (Å²) in [7, 11) is 0. The molecule has 2 aromatic rings. The van der Waals surface area contributed by atoms with Crippen LogP contribution in [0.3, 0.4) is 0 Å². The van der Waals surface area contributed by atoms with E-state index in [1.165, 1.54) is 0 Å². The van der Waals surface area contributed by atoms with E-state index in [0.717, 1.165) is 5.69 Å². The van der Waals surface area contributed by atoms with Crippen LogP contribution in [0.4, 0.5) is 11.4 Å². The zero-order valence-corrected chi connectivity index (χ0v) is 13.0. The molecule has 0 aliphatic carbocycles. The lowest BCUT2D eigenvalue weighted by atomic mass is 10.1. The molecule has 0 aromatic heterocycles. The summed E-state index contributed by atoms with van der Waals surface area (Å²) in [6.45, 7) is 0. The van der Waals surface area contributed by atoms with Crippen molar-refractivity contribution in [3.8, 4) is 5.75 Å². The largest absolute Gasteiger partial charge is 0.425 e. The van der Waals surface area contributed by atoms with Crippen LogP contribution in [0.25, 0.3) is 0 Å². The summed E-state index contributed by atoms with van der Waals surface area (Å²) in [5.41, 5.74) is 12.0. The molecule has 0 bridgehead atoms. The van der Waals surface area contributed by atoms with Crippen molar-refractivity contribution in [1.29, 1.82) is 0 Å². The second-order valence-corrected chi connectivity index (χ2v) is 5.06. The van der Waals surface area contributed by atoms with Gasteiger partial charge in [-0.15, -0.1) is 0 Å². The molecule has 0 unspecified atom stereocenters. The third-order valence-electron chi connectivity index (χ3n) is 3.10. The third-order valence-corrected chi connectivity index (χ3v) is 3.10. The van der Waals surface area contributed by atoms with Gasteiger partial charge >= 0.3 is 5.97 Å². The van der Waals surface area contributed by atoms with Crippen LogP contribution in [0, 0.1) is 0 Å². The van der Waals surface area contributed by atoms with Gasteiger partial charge < -0.3 is 16.2 Å². The second kappa shape index (κ2) is 8.54. The fourth-order valence-corrected chi connectivity index (χ4v) is 1.80. The Labute approximate surface area is 139 Å². The summed E-state index contributed by atoms with van der Waals surface area (Å²) in [6.07, 6.45) is 0.187. The van der Waals surface area contributed by atoms with Crippen molar-refractivity contribution in [2.45, 2.75) is 18.9 Å². The number of azo groups is 1. The molecule has 1 amide bonds. The number of carbonyl (C=O) groups excluding carboxylic acids is 2. The summed E-state index contributed by atoms with van der Waals surface area (Å²) in [4.78, 5) is 22.5. The predicted molar refractivity (Wildman–Crippen MR) is 89.1 cm³/mol. The molecule has 4 N–H and O–H groups in total. The Kier molecular flexibility index (Phi) is 6.16. The first-order chi connectivity index (χ1) is 11.5. The van der Waals surface area contributed by atoms with Crippen LogP contribution in [-0.4, -0.2) is 17.9 Å². The fraction of sp³-hybridized carbons (Fsp3) is 0.176. The standard InChI is InChI=1S/C17H18N4O3/c18-15(10-11-16(19)22)17(23)24-14-8-6-13(7-9-14)21-20-12-4-2-1-3-5-12/h1-9,15H,10-11,18H2,(H2,19,22)/b21-20+/t15-/m0/s1. The van der Waals surface area contributed by atoms with Gasteiger partial charge in [-0.2, -0.15) is 10.2 Å². The van der Waals surface area contributed by atoms with Crippen LogP contribution in [0.5, 0.6) is 5.75 Å². The van der Waals surface area contributed by atoms with E-state index in [0.29, 0.717) is 11.4 Å². The molecule has 2 aromatic carbocycles. The number of hydrogen-bond donors (Lipinski definition) is 2. The molecular formula is C17H18N4O3. The number of carbonyl (C=O) groups is 2. The van der Waals surface area contributed by atoms with Gasteiger partial charge in [-0.25, -0.2) is 4.79 Å². The van der Waals surface area contributed by atoms with Gasteiger partial charge in [0.05, 0.1) is 11.4 Å². The maximum absolute atomic E-state index is 11.8. The molecule has 0 heterocycles. The van der Waals surface area contributed by atoms with Gasteiger partial charge in [-0.3, -0.25) is 4.79 Å². The van der Waals surface area contributed by atoms with Gasteiger partial charge in [-0.05, 0) is 42.8 Å². The highest BCUT2D eigenvalue weighted by molar-refractivity contribution is 5.79. The quantitative estimate of drug-likeness (QED) is 0.461. The minimum Gasteiger partial charge on any atom is -0.425 e. The lowest BCUT2D eigenvalue weighted by molar-refractivity contribution is -0.136. The van der Waals surface area contributed by atoms with Crippen LogP contribution in [-0.2, 0) is 9.59 Å². The van der Waals surface area contributed by atoms with Crippen molar-refractivity contribution in [3.05, 3.63) is 54.6 Å². The van der Waals surface area contributed by atoms with E-state index in [-0.39, 0.29) is 12.8 Å². The second-order valence-electron chi connectivity index (χ2n) is 5.06. The average molecular weight is 326 g/mol. The number of amides is 1. The van der Waals surface area contributed by atoms with E-state index in [4.69, 9.17) is 16.2 Å². The molecule has 0 saturated heterocycles. The van der Waals surface area contributed by atoms with Crippen molar-refractivity contribution >= 4 is 23.3 Å². The van der Waals surface area contributed by atoms with E-state index in [1.54, 1.807) is 24.3 Å². The monoisotopic (exact) mass is 326 g/mol. The maximum atomic E-state index is 11.8. The summed E-state index contributed by atoms with van der Waals surface area (Å²) in [5.74, 6) is -0.783. The number of esters is 1. The lowest BCUT2D eigenvalue weighted by Crippen LogP contribution is -2.35. The molecule has 1 atom stereocenters. The maximum Gasteiger partial charge on any atom is 0.328 e. The average Bonchev–Trinajstić information content (AvgIpc) is 2.60. The Morgan fingerprint density at radius 2 is 1.54 bits per heavy atom. The molecule has 124 valence electrons. The van der Waals surface area contributed by atoms with E-state index < -0.39 is 17.9 Å². The van der Waals surface area contributed by atoms with Gasteiger partial charge in [0.25, 0.3) is 0 Å². The van der Waals surface area contributed by atoms with Crippen LogP contribution in [0.15, 0.2) is 64.8 Å². The number of ether oxygens (including phenoxy) is 1. The molecule has 7 nitrogen and oxygen atoms in total. The highest BCUT2D eigenvalue weighted by Crippen LogP contribution is 2.21. The van der Waals surface area contributed by atoms with Gasteiger partial charge in [-0.1, -0.05) is 18.2 Å². The topological polar surface area (TPSA) is 120 Å². The van der Waals surface area contributed by atoms with E-state index in [1.807, 2.05) is 30.3 Å². The molecule has 7 heteroatoms. The summed E-state index contributed by atoms with van der Waals surface area (Å²) < 4.78 is 5.14. The molecule has 0 fully saturated rings. The molecule has 24 heavy (non-hydrogen) atoms. The molecular weight excluding hydrogens is 308 g/mol. The Balaban J connectivity index is 1.91. The van der Waals surface area contributed by atoms with Crippen LogP contribution < -0.4 is 16.2 Å². The van der Waals surface area contributed by atoms with Crippen LogP contribution in [0.1, 0.15) is 12.8 Å². The summed E-state index contributed by atoms with van der Waals surface area (Å²) >= 11 is 0. The van der Waals surface area contributed by atoms with Gasteiger partial charge in [0.1, 0.15) is 11.8 Å². The predicted octanol–water partition coefficient (Wildman–Crippen LogP) is 2.60.